The van der Waals surface area contributed by atoms with Gasteiger partial charge in [0.25, 0.3) is 0 Å². The van der Waals surface area contributed by atoms with Crippen molar-refractivity contribution in [2.24, 2.45) is 12.8 Å². The number of aromatic nitrogens is 2. The number of hydrogen-bond acceptors (Lipinski definition) is 3. The van der Waals surface area contributed by atoms with E-state index in [1.54, 1.807) is 0 Å². The summed E-state index contributed by atoms with van der Waals surface area (Å²) in [5, 5.41) is 0. The minimum absolute atomic E-state index is 0. The minimum atomic E-state index is 0. The lowest BCUT2D eigenvalue weighted by atomic mass is 10.2. The average Bonchev–Trinajstić information content (AvgIpc) is 2.64. The van der Waals surface area contributed by atoms with Crippen LogP contribution in [0.25, 0.3) is 11.0 Å². The first-order chi connectivity index (χ1) is 7.74. The van der Waals surface area contributed by atoms with Crippen LogP contribution in [0.15, 0.2) is 24.3 Å². The van der Waals surface area contributed by atoms with Crippen LogP contribution in [-0.2, 0) is 7.05 Å². The van der Waals surface area contributed by atoms with Crippen LogP contribution in [0.3, 0.4) is 0 Å². The topological polar surface area (TPSA) is 43.8 Å². The quantitative estimate of drug-likeness (QED) is 0.943. The molecule has 18 heavy (non-hydrogen) atoms. The highest BCUT2D eigenvalue weighted by atomic mass is 35.5. The molecule has 0 aliphatic carbocycles. The molecule has 0 bridgehead atoms. The standard InChI is InChI=1S/C12H17N3S.2ClH/c1-15-11-6-4-3-5-10(11)14-12(15)9(13)7-8-16-2;;/h3-6,9H,7-8,13H2,1-2H3;2*1H. The van der Waals surface area contributed by atoms with Crippen LogP contribution in [0.2, 0.25) is 0 Å². The maximum absolute atomic E-state index is 6.15. The highest BCUT2D eigenvalue weighted by Crippen LogP contribution is 2.20. The van der Waals surface area contributed by atoms with Gasteiger partial charge in [0.1, 0.15) is 5.82 Å². The fraction of sp³-hybridized carbons (Fsp3) is 0.417. The zero-order valence-electron chi connectivity index (χ0n) is 10.5. The van der Waals surface area contributed by atoms with Crippen molar-refractivity contribution in [3.63, 3.8) is 0 Å². The van der Waals surface area contributed by atoms with E-state index in [9.17, 15) is 0 Å². The third-order valence-corrected chi connectivity index (χ3v) is 3.43. The summed E-state index contributed by atoms with van der Waals surface area (Å²) in [6.07, 6.45) is 3.07. The van der Waals surface area contributed by atoms with Crippen molar-refractivity contribution in [3.05, 3.63) is 30.1 Å². The molecule has 0 radical (unpaired) electrons. The van der Waals surface area contributed by atoms with E-state index < -0.39 is 0 Å². The van der Waals surface area contributed by atoms with Crippen LogP contribution in [0, 0.1) is 0 Å². The van der Waals surface area contributed by atoms with Crippen LogP contribution < -0.4 is 5.73 Å². The van der Waals surface area contributed by atoms with E-state index >= 15 is 0 Å². The predicted octanol–water partition coefficient (Wildman–Crippen LogP) is 3.17. The number of nitrogens with two attached hydrogens (primary N) is 1. The van der Waals surface area contributed by atoms with E-state index in [2.05, 4.69) is 21.9 Å². The van der Waals surface area contributed by atoms with Gasteiger partial charge in [-0.2, -0.15) is 11.8 Å². The molecule has 6 heteroatoms. The Hall–Kier alpha value is -0.420. The zero-order valence-corrected chi connectivity index (χ0v) is 12.9. The Morgan fingerprint density at radius 1 is 1.33 bits per heavy atom. The summed E-state index contributed by atoms with van der Waals surface area (Å²) in [4.78, 5) is 4.59. The summed E-state index contributed by atoms with van der Waals surface area (Å²) in [6.45, 7) is 0. The third-order valence-electron chi connectivity index (χ3n) is 2.79. The van der Waals surface area contributed by atoms with Crippen molar-refractivity contribution in [1.82, 2.24) is 9.55 Å². The van der Waals surface area contributed by atoms with Crippen LogP contribution in [-0.4, -0.2) is 21.6 Å². The number of halogens is 2. The number of hydrogen-bond donors (Lipinski definition) is 1. The fourth-order valence-electron chi connectivity index (χ4n) is 1.87. The summed E-state index contributed by atoms with van der Waals surface area (Å²) in [5.74, 6) is 2.06. The third kappa shape index (κ3) is 3.54. The Bertz CT molecular complexity index is 487. The molecule has 1 heterocycles. The Labute approximate surface area is 124 Å². The number of fused-ring (bicyclic) bond motifs is 1. The molecule has 2 rings (SSSR count). The second kappa shape index (κ2) is 7.89. The smallest absolute Gasteiger partial charge is 0.126 e. The van der Waals surface area contributed by atoms with Crippen molar-refractivity contribution in [1.29, 1.82) is 0 Å². The molecule has 2 aromatic rings. The molecule has 0 amide bonds. The van der Waals surface area contributed by atoms with E-state index in [0.717, 1.165) is 29.0 Å². The van der Waals surface area contributed by atoms with E-state index in [4.69, 9.17) is 5.73 Å². The molecule has 0 saturated carbocycles. The van der Waals surface area contributed by atoms with Crippen LogP contribution in [0.4, 0.5) is 0 Å². The van der Waals surface area contributed by atoms with E-state index in [0.29, 0.717) is 0 Å². The second-order valence-electron chi connectivity index (χ2n) is 3.91. The van der Waals surface area contributed by atoms with Crippen molar-refractivity contribution >= 4 is 47.6 Å². The van der Waals surface area contributed by atoms with Gasteiger partial charge in [0, 0.05) is 7.05 Å². The van der Waals surface area contributed by atoms with Gasteiger partial charge in [-0.1, -0.05) is 12.1 Å². The lowest BCUT2D eigenvalue weighted by molar-refractivity contribution is 0.628. The van der Waals surface area contributed by atoms with Crippen LogP contribution in [0.5, 0.6) is 0 Å². The van der Waals surface area contributed by atoms with E-state index in [1.165, 1.54) is 0 Å². The van der Waals surface area contributed by atoms with Gasteiger partial charge in [-0.3, -0.25) is 0 Å². The van der Waals surface area contributed by atoms with Crippen LogP contribution >= 0.6 is 36.6 Å². The molecular formula is C12H19Cl2N3S. The monoisotopic (exact) mass is 307 g/mol. The minimum Gasteiger partial charge on any atom is -0.330 e. The van der Waals surface area contributed by atoms with Gasteiger partial charge in [-0.15, -0.1) is 24.8 Å². The lowest BCUT2D eigenvalue weighted by Gasteiger charge is -2.10. The van der Waals surface area contributed by atoms with E-state index in [-0.39, 0.29) is 30.9 Å². The molecule has 1 aromatic carbocycles. The Morgan fingerprint density at radius 2 is 2.00 bits per heavy atom. The maximum Gasteiger partial charge on any atom is 0.126 e. The van der Waals surface area contributed by atoms with Crippen molar-refractivity contribution < 1.29 is 0 Å². The van der Waals surface area contributed by atoms with Gasteiger partial charge in [-0.05, 0) is 30.6 Å². The summed E-state index contributed by atoms with van der Waals surface area (Å²) < 4.78 is 2.10. The SMILES string of the molecule is CSCCC(N)c1nc2ccccc2n1C.Cl.Cl. The van der Waals surface area contributed by atoms with Gasteiger partial charge >= 0.3 is 0 Å². The average molecular weight is 308 g/mol. The Kier molecular flexibility index (Phi) is 7.71. The first-order valence-electron chi connectivity index (χ1n) is 5.40. The van der Waals surface area contributed by atoms with Gasteiger partial charge in [-0.25, -0.2) is 4.98 Å². The number of aryl methyl sites for hydroxylation is 1. The normalized spacial score (nSPS) is 11.7. The molecule has 0 aliphatic rings. The number of thioether (sulfide) groups is 1. The van der Waals surface area contributed by atoms with Gasteiger partial charge < -0.3 is 10.3 Å². The van der Waals surface area contributed by atoms with Gasteiger partial charge in [0.05, 0.1) is 17.1 Å². The molecule has 1 atom stereocenters. The number of rotatable bonds is 4. The second-order valence-corrected chi connectivity index (χ2v) is 4.89. The van der Waals surface area contributed by atoms with Gasteiger partial charge in [0.2, 0.25) is 0 Å². The fourth-order valence-corrected chi connectivity index (χ4v) is 2.36. The number of benzene rings is 1. The molecule has 3 nitrogen and oxygen atoms in total. The van der Waals surface area contributed by atoms with Gasteiger partial charge in [0.15, 0.2) is 0 Å². The van der Waals surface area contributed by atoms with Crippen molar-refractivity contribution in [3.8, 4) is 0 Å². The number of nitrogens with zero attached hydrogens (tertiary/aromatic N) is 2. The highest BCUT2D eigenvalue weighted by molar-refractivity contribution is 7.98. The molecule has 2 N–H and O–H groups in total. The maximum atomic E-state index is 6.15. The Balaban J connectivity index is 0.00000144. The lowest BCUT2D eigenvalue weighted by Crippen LogP contribution is -2.16. The van der Waals surface area contributed by atoms with E-state index in [1.807, 2.05) is 37.0 Å². The summed E-state index contributed by atoms with van der Waals surface area (Å²) in [7, 11) is 2.03. The summed E-state index contributed by atoms with van der Waals surface area (Å²) >= 11 is 1.82. The molecular weight excluding hydrogens is 289 g/mol. The predicted molar refractivity (Wildman–Crippen MR) is 85.1 cm³/mol. The Morgan fingerprint density at radius 3 is 2.61 bits per heavy atom. The molecule has 102 valence electrons. The summed E-state index contributed by atoms with van der Waals surface area (Å²) in [5.41, 5.74) is 8.33. The van der Waals surface area contributed by atoms with Crippen LogP contribution in [0.1, 0.15) is 18.3 Å². The molecule has 1 aromatic heterocycles. The highest BCUT2D eigenvalue weighted by Gasteiger charge is 2.13. The molecule has 0 fully saturated rings. The zero-order chi connectivity index (χ0) is 11.5. The summed E-state index contributed by atoms with van der Waals surface area (Å²) in [6, 6.07) is 8.17. The number of para-hydroxylation sites is 2. The first kappa shape index (κ1) is 17.6. The van der Waals surface area contributed by atoms with Crippen molar-refractivity contribution in [2.45, 2.75) is 12.5 Å². The molecule has 0 aliphatic heterocycles. The largest absolute Gasteiger partial charge is 0.330 e. The number of imidazole rings is 1. The van der Waals surface area contributed by atoms with Crippen molar-refractivity contribution in [2.75, 3.05) is 12.0 Å². The molecule has 0 saturated heterocycles. The molecule has 1 unspecified atom stereocenters. The molecule has 0 spiro atoms. The first-order valence-corrected chi connectivity index (χ1v) is 6.79.